The van der Waals surface area contributed by atoms with E-state index in [1.54, 1.807) is 12.1 Å². The lowest BCUT2D eigenvalue weighted by Crippen LogP contribution is -2.57. The zero-order valence-corrected chi connectivity index (χ0v) is 71.2. The molecule has 1 rings (SSSR count). The summed E-state index contributed by atoms with van der Waals surface area (Å²) in [6.45, 7) is 18.2. The Morgan fingerprint density at radius 3 is 0.594 bits per heavy atom. The molecule has 628 valence electrons. The van der Waals surface area contributed by atoms with E-state index in [1.165, 1.54) is 308 Å². The summed E-state index contributed by atoms with van der Waals surface area (Å²) in [6.07, 6.45) is 75.2. The third kappa shape index (κ3) is 61.5. The molecule has 106 heavy (non-hydrogen) atoms. The highest BCUT2D eigenvalue weighted by molar-refractivity contribution is 5.95. The van der Waals surface area contributed by atoms with Crippen molar-refractivity contribution in [2.75, 3.05) is 112 Å². The van der Waals surface area contributed by atoms with Crippen molar-refractivity contribution < 1.29 is 58.0 Å². The van der Waals surface area contributed by atoms with Gasteiger partial charge >= 0.3 is 0 Å². The molecule has 13 heteroatoms. The summed E-state index contributed by atoms with van der Waals surface area (Å²) in [5.74, 6) is 0.223. The molecule has 0 aliphatic carbocycles. The highest BCUT2D eigenvalue weighted by Crippen LogP contribution is 2.31. The molecular weight excluding hydrogens is 1320 g/mol. The van der Waals surface area contributed by atoms with Crippen molar-refractivity contribution in [1.82, 2.24) is 5.32 Å². The van der Waals surface area contributed by atoms with Crippen molar-refractivity contribution in [3.8, 4) is 11.5 Å². The lowest BCUT2D eigenvalue weighted by atomic mass is 9.92. The Hall–Kier alpha value is -2.07. The first-order chi connectivity index (χ1) is 52.2. The largest absolute Gasteiger partial charge is 0.493 e. The van der Waals surface area contributed by atoms with Gasteiger partial charge in [0.1, 0.15) is 30.3 Å². The molecule has 1 amide bonds. The van der Waals surface area contributed by atoms with Gasteiger partial charge in [-0.25, -0.2) is 0 Å². The highest BCUT2D eigenvalue weighted by atomic mass is 16.5. The van der Waals surface area contributed by atoms with Crippen LogP contribution in [0.5, 0.6) is 11.5 Å². The van der Waals surface area contributed by atoms with Crippen LogP contribution in [0.15, 0.2) is 18.2 Å². The molecule has 13 nitrogen and oxygen atoms in total. The topological polar surface area (TPSA) is 164 Å². The van der Waals surface area contributed by atoms with E-state index in [-0.39, 0.29) is 18.8 Å². The number of carbonyl (C=O) groups excluding carboxylic acids is 1. The van der Waals surface area contributed by atoms with Crippen LogP contribution < -0.4 is 14.8 Å². The number of aliphatic hydroxyl groups excluding tert-OH is 3. The van der Waals surface area contributed by atoms with Crippen molar-refractivity contribution in [2.45, 2.75) is 432 Å². The molecular formula is C93H179NO12. The Bertz CT molecular complexity index is 1680. The van der Waals surface area contributed by atoms with Crippen LogP contribution in [0.3, 0.4) is 0 Å². The summed E-state index contributed by atoms with van der Waals surface area (Å²) in [7, 11) is 0. The Balaban J connectivity index is 3.83. The van der Waals surface area contributed by atoms with Gasteiger partial charge in [-0.05, 0) is 50.7 Å². The van der Waals surface area contributed by atoms with Crippen LogP contribution in [0.2, 0.25) is 0 Å². The lowest BCUT2D eigenvalue weighted by molar-refractivity contribution is -0.0900. The number of hydrogen-bond donors (Lipinski definition) is 4. The van der Waals surface area contributed by atoms with E-state index in [9.17, 15) is 20.1 Å². The fraction of sp³-hybridized carbons (Fsp3) is 0.925. The van der Waals surface area contributed by atoms with Gasteiger partial charge in [-0.2, -0.15) is 0 Å². The van der Waals surface area contributed by atoms with Crippen molar-refractivity contribution >= 4 is 5.91 Å². The maximum atomic E-state index is 14.6. The van der Waals surface area contributed by atoms with E-state index in [1.807, 2.05) is 6.07 Å². The van der Waals surface area contributed by atoms with Crippen molar-refractivity contribution in [2.24, 2.45) is 10.8 Å². The number of unbranched alkanes of at least 4 members (excludes halogenated alkanes) is 54. The van der Waals surface area contributed by atoms with Crippen LogP contribution >= 0.6 is 0 Å². The monoisotopic (exact) mass is 1500 g/mol. The van der Waals surface area contributed by atoms with Crippen LogP contribution in [-0.2, 0) is 28.4 Å². The SMILES string of the molecule is CCCCCCCCCCCCOCC(COCCCCCCCCCCCC)(COCCCCCCCCCCCC)COc1cc(OCC(COCCCCCCCCCCCC)(COCCCCCCCCCCCC)COCCCCCCCCCCCC)cc(C(=O)NC(CO)(CO)CO)c1. The molecule has 0 aromatic heterocycles. The van der Waals surface area contributed by atoms with E-state index in [4.69, 9.17) is 37.9 Å². The molecule has 1 aromatic rings. The second kappa shape index (κ2) is 78.2. The fourth-order valence-corrected chi connectivity index (χ4v) is 14.3. The van der Waals surface area contributed by atoms with Gasteiger partial charge in [0.25, 0.3) is 5.91 Å². The average molecular weight is 1500 g/mol. The molecule has 0 atom stereocenters. The Kier molecular flexibility index (Phi) is 75.2. The average Bonchev–Trinajstić information content (AvgIpc) is 0.822. The number of benzene rings is 1. The predicted molar refractivity (Wildman–Crippen MR) is 450 cm³/mol. The fourth-order valence-electron chi connectivity index (χ4n) is 14.3. The summed E-state index contributed by atoms with van der Waals surface area (Å²) >= 11 is 0. The van der Waals surface area contributed by atoms with Gasteiger partial charge in [0.05, 0.1) is 70.3 Å². The smallest absolute Gasteiger partial charge is 0.252 e. The number of rotatable bonds is 89. The number of hydrogen-bond acceptors (Lipinski definition) is 12. The molecule has 1 aromatic carbocycles. The summed E-state index contributed by atoms with van der Waals surface area (Å²) in [5, 5.41) is 34.2. The maximum absolute atomic E-state index is 14.6. The molecule has 0 bridgehead atoms. The summed E-state index contributed by atoms with van der Waals surface area (Å²) < 4.78 is 54.6. The summed E-state index contributed by atoms with van der Waals surface area (Å²) in [6, 6.07) is 5.25. The minimum absolute atomic E-state index is 0.190. The second-order valence-electron chi connectivity index (χ2n) is 32.9. The molecule has 0 aliphatic heterocycles. The van der Waals surface area contributed by atoms with Gasteiger partial charge in [-0.3, -0.25) is 4.79 Å². The number of aliphatic hydroxyl groups is 3. The zero-order valence-electron chi connectivity index (χ0n) is 71.2. The quantitative estimate of drug-likeness (QED) is 0.0457. The van der Waals surface area contributed by atoms with Gasteiger partial charge in [0.15, 0.2) is 0 Å². The number of ether oxygens (including phenoxy) is 8. The summed E-state index contributed by atoms with van der Waals surface area (Å²) in [5.41, 5.74) is -2.84. The van der Waals surface area contributed by atoms with Crippen LogP contribution in [0.4, 0.5) is 0 Å². The van der Waals surface area contributed by atoms with Crippen molar-refractivity contribution in [3.05, 3.63) is 23.8 Å². The predicted octanol–water partition coefficient (Wildman–Crippen LogP) is 25.5. The normalized spacial score (nSPS) is 12.2. The molecule has 0 aliphatic rings. The van der Waals surface area contributed by atoms with E-state index in [2.05, 4.69) is 46.9 Å². The first kappa shape index (κ1) is 102. The molecule has 4 N–H and O–H groups in total. The number of nitrogens with one attached hydrogen (secondary N) is 1. The number of carbonyl (C=O) groups is 1. The standard InChI is InChI=1S/C93H179NO12/c1-7-13-19-25-31-37-43-49-55-61-67-99-79-91(80-100-68-62-56-50-44-38-32-26-20-14-8-2,81-101-69-63-57-51-45-39-33-27-21-15-9-3)85-105-88-73-87(90(98)94-93(76-95,77-96)78-97)74-89(75-88)106-86-92(82-102-70-64-58-52-46-40-34-28-22-16-10-4,83-103-71-65-59-53-47-41-35-29-23-17-11-5)84-104-72-66-60-54-48-42-36-30-24-18-12-6/h73-75,95-97H,7-72,76-86H2,1-6H3,(H,94,98). The van der Waals surface area contributed by atoms with Gasteiger partial charge in [-0.1, -0.05) is 388 Å². The van der Waals surface area contributed by atoms with Crippen LogP contribution in [0.25, 0.3) is 0 Å². The van der Waals surface area contributed by atoms with Gasteiger partial charge < -0.3 is 58.5 Å². The van der Waals surface area contributed by atoms with E-state index in [0.29, 0.717) is 90.8 Å². The van der Waals surface area contributed by atoms with E-state index < -0.39 is 42.1 Å². The van der Waals surface area contributed by atoms with Crippen LogP contribution in [-0.4, -0.2) is 139 Å². The first-order valence-corrected chi connectivity index (χ1v) is 46.2. The highest BCUT2D eigenvalue weighted by Gasteiger charge is 2.36. The maximum Gasteiger partial charge on any atom is 0.252 e. The molecule has 0 spiro atoms. The van der Waals surface area contributed by atoms with Crippen LogP contribution in [0, 0.1) is 10.8 Å². The minimum atomic E-state index is -1.66. The van der Waals surface area contributed by atoms with Crippen LogP contribution in [0.1, 0.15) is 437 Å². The molecule has 0 unspecified atom stereocenters. The molecule has 0 saturated carbocycles. The Morgan fingerprint density at radius 2 is 0.425 bits per heavy atom. The zero-order chi connectivity index (χ0) is 76.7. The molecule has 0 saturated heterocycles. The Morgan fingerprint density at radius 1 is 0.255 bits per heavy atom. The van der Waals surface area contributed by atoms with Gasteiger partial charge in [0, 0.05) is 51.3 Å². The second-order valence-corrected chi connectivity index (χ2v) is 32.9. The molecule has 0 heterocycles. The van der Waals surface area contributed by atoms with E-state index >= 15 is 0 Å². The minimum Gasteiger partial charge on any atom is -0.493 e. The third-order valence-corrected chi connectivity index (χ3v) is 21.8. The van der Waals surface area contributed by atoms with Gasteiger partial charge in [-0.15, -0.1) is 0 Å². The van der Waals surface area contributed by atoms with Crippen molar-refractivity contribution in [3.63, 3.8) is 0 Å². The Labute approximate surface area is 656 Å². The lowest BCUT2D eigenvalue weighted by Gasteiger charge is -2.34. The molecule has 0 radical (unpaired) electrons. The third-order valence-electron chi connectivity index (χ3n) is 21.8. The summed E-state index contributed by atoms with van der Waals surface area (Å²) in [4.78, 5) is 14.6. The first-order valence-electron chi connectivity index (χ1n) is 46.2. The van der Waals surface area contributed by atoms with Gasteiger partial charge in [0.2, 0.25) is 0 Å². The van der Waals surface area contributed by atoms with E-state index in [0.717, 1.165) is 77.0 Å². The van der Waals surface area contributed by atoms with Crippen molar-refractivity contribution in [1.29, 1.82) is 0 Å². The number of amides is 1. The molecule has 0 fully saturated rings.